The molecule has 0 atom stereocenters. The number of benzene rings is 7. The van der Waals surface area contributed by atoms with Crippen LogP contribution >= 0.6 is 0 Å². The van der Waals surface area contributed by atoms with Gasteiger partial charge in [-0.2, -0.15) is 0 Å². The maximum absolute atomic E-state index is 5.35. The predicted molar refractivity (Wildman–Crippen MR) is 236 cm³/mol. The zero-order valence-corrected chi connectivity index (χ0v) is 31.2. The fourth-order valence-electron chi connectivity index (χ4n) is 8.04. The Hall–Kier alpha value is -7.96. The number of nitrogens with zero attached hydrogens (tertiary/aromatic N) is 6. The molecule has 0 aliphatic rings. The number of hydrogen-bond donors (Lipinski definition) is 0. The van der Waals surface area contributed by atoms with E-state index in [9.17, 15) is 0 Å². The molecule has 6 nitrogen and oxygen atoms in total. The van der Waals surface area contributed by atoms with Crippen LogP contribution in [0, 0.1) is 0 Å². The highest BCUT2D eigenvalue weighted by Crippen LogP contribution is 2.42. The topological polar surface area (TPSA) is 77.3 Å². The van der Waals surface area contributed by atoms with Crippen molar-refractivity contribution in [2.24, 2.45) is 0 Å². The Labute approximate surface area is 334 Å². The van der Waals surface area contributed by atoms with E-state index in [1.807, 2.05) is 24.3 Å². The Bertz CT molecular complexity index is 3270. The van der Waals surface area contributed by atoms with Crippen molar-refractivity contribution in [1.82, 2.24) is 29.9 Å². The van der Waals surface area contributed by atoms with Crippen molar-refractivity contribution in [2.45, 2.75) is 0 Å². The molecule has 0 bridgehead atoms. The SMILES string of the molecule is c1cncc(-c2nc(-c3ccc(-c4cccc(-c5cc6c(-c7ccc8ccccc8c7)nc7ccccc7c6c6ccccc56)c4)cc3)nc(-c3cccnc3)n2)c1. The second-order valence-electron chi connectivity index (χ2n) is 14.4. The molecule has 4 aromatic heterocycles. The predicted octanol–water partition coefficient (Wildman–Crippen LogP) is 12.7. The van der Waals surface area contributed by atoms with Crippen LogP contribution in [0.3, 0.4) is 0 Å². The molecule has 4 heterocycles. The van der Waals surface area contributed by atoms with Crippen LogP contribution in [0.25, 0.3) is 111 Å². The lowest BCUT2D eigenvalue weighted by Gasteiger charge is -2.17. The van der Waals surface area contributed by atoms with E-state index < -0.39 is 0 Å². The summed E-state index contributed by atoms with van der Waals surface area (Å²) in [5, 5.41) is 8.32. The number of aromatic nitrogens is 6. The molecule has 0 aliphatic carbocycles. The van der Waals surface area contributed by atoms with Gasteiger partial charge in [-0.15, -0.1) is 0 Å². The Morgan fingerprint density at radius 3 is 1.62 bits per heavy atom. The van der Waals surface area contributed by atoms with Gasteiger partial charge in [-0.25, -0.2) is 19.9 Å². The molecule has 0 amide bonds. The Balaban J connectivity index is 1.03. The smallest absolute Gasteiger partial charge is 0.165 e. The van der Waals surface area contributed by atoms with Crippen molar-refractivity contribution >= 4 is 43.2 Å². The third-order valence-electron chi connectivity index (χ3n) is 10.9. The summed E-state index contributed by atoms with van der Waals surface area (Å²) in [4.78, 5) is 28.5. The minimum absolute atomic E-state index is 0.559. The van der Waals surface area contributed by atoms with Crippen LogP contribution in [0.4, 0.5) is 0 Å². The van der Waals surface area contributed by atoms with Gasteiger partial charge in [0.1, 0.15) is 0 Å². The molecule has 0 unspecified atom stereocenters. The lowest BCUT2D eigenvalue weighted by Crippen LogP contribution is -2.00. The van der Waals surface area contributed by atoms with Gasteiger partial charge in [-0.3, -0.25) is 9.97 Å². The van der Waals surface area contributed by atoms with Crippen molar-refractivity contribution in [1.29, 1.82) is 0 Å². The molecule has 7 aromatic carbocycles. The highest BCUT2D eigenvalue weighted by atomic mass is 15.0. The third kappa shape index (κ3) is 5.92. The maximum Gasteiger partial charge on any atom is 0.165 e. The normalized spacial score (nSPS) is 11.4. The zero-order chi connectivity index (χ0) is 38.4. The highest BCUT2D eigenvalue weighted by Gasteiger charge is 2.18. The summed E-state index contributed by atoms with van der Waals surface area (Å²) in [5.41, 5.74) is 10.1. The molecule has 0 fully saturated rings. The molecule has 0 N–H and O–H groups in total. The van der Waals surface area contributed by atoms with E-state index in [4.69, 9.17) is 19.9 Å². The largest absolute Gasteiger partial charge is 0.264 e. The lowest BCUT2D eigenvalue weighted by atomic mass is 9.89. The molecule has 6 heteroatoms. The van der Waals surface area contributed by atoms with Crippen LogP contribution in [0.15, 0.2) is 195 Å². The molecular weight excluding hydrogens is 709 g/mol. The van der Waals surface area contributed by atoms with Crippen molar-refractivity contribution in [2.75, 3.05) is 0 Å². The van der Waals surface area contributed by atoms with Crippen molar-refractivity contribution in [3.8, 4) is 67.7 Å². The van der Waals surface area contributed by atoms with Gasteiger partial charge in [0.25, 0.3) is 0 Å². The van der Waals surface area contributed by atoms with Gasteiger partial charge in [0.15, 0.2) is 17.5 Å². The molecule has 0 aliphatic heterocycles. The summed E-state index contributed by atoms with van der Waals surface area (Å²) in [7, 11) is 0. The van der Waals surface area contributed by atoms with Crippen molar-refractivity contribution in [3.63, 3.8) is 0 Å². The van der Waals surface area contributed by atoms with Crippen LogP contribution in [0.2, 0.25) is 0 Å². The van der Waals surface area contributed by atoms with Crippen LogP contribution in [-0.2, 0) is 0 Å². The average molecular weight is 741 g/mol. The Morgan fingerprint density at radius 1 is 0.310 bits per heavy atom. The molecule has 58 heavy (non-hydrogen) atoms. The minimum atomic E-state index is 0.559. The summed E-state index contributed by atoms with van der Waals surface area (Å²) < 4.78 is 0. The maximum atomic E-state index is 5.35. The molecule has 11 aromatic rings. The van der Waals surface area contributed by atoms with E-state index in [1.165, 1.54) is 26.9 Å². The van der Waals surface area contributed by atoms with E-state index in [1.54, 1.807) is 24.8 Å². The van der Waals surface area contributed by atoms with E-state index in [0.29, 0.717) is 17.5 Å². The number of rotatable bonds is 6. The Morgan fingerprint density at radius 2 is 0.897 bits per heavy atom. The number of hydrogen-bond acceptors (Lipinski definition) is 6. The first-order valence-electron chi connectivity index (χ1n) is 19.2. The van der Waals surface area contributed by atoms with Gasteiger partial charge in [-0.05, 0) is 92.3 Å². The van der Waals surface area contributed by atoms with Gasteiger partial charge < -0.3 is 0 Å². The van der Waals surface area contributed by atoms with Crippen molar-refractivity contribution < 1.29 is 0 Å². The summed E-state index contributed by atoms with van der Waals surface area (Å²) in [5.74, 6) is 1.70. The second-order valence-corrected chi connectivity index (χ2v) is 14.4. The van der Waals surface area contributed by atoms with E-state index in [2.05, 4.69) is 156 Å². The number of para-hydroxylation sites is 1. The molecule has 0 saturated carbocycles. The van der Waals surface area contributed by atoms with Gasteiger partial charge in [0.2, 0.25) is 0 Å². The quantitative estimate of drug-likeness (QED) is 0.158. The fourth-order valence-corrected chi connectivity index (χ4v) is 8.04. The standard InChI is InChI=1S/C52H32N6/c1-2-11-36-29-39(25-22-33(36)10-1)49-46-30-45(42-16-3-4-17-43(42)48(46)44-18-5-6-19-47(44)55-49)38-13-7-12-37(28-38)34-20-23-35(24-21-34)50-56-51(40-14-8-26-53-31-40)58-52(57-50)41-15-9-27-54-32-41/h1-32H. The third-order valence-corrected chi connectivity index (χ3v) is 10.9. The second kappa shape index (κ2) is 14.0. The summed E-state index contributed by atoms with van der Waals surface area (Å²) in [6.07, 6.45) is 7.02. The monoisotopic (exact) mass is 740 g/mol. The minimum Gasteiger partial charge on any atom is -0.264 e. The number of fused-ring (bicyclic) bond motifs is 6. The summed E-state index contributed by atoms with van der Waals surface area (Å²) >= 11 is 0. The van der Waals surface area contributed by atoms with Crippen LogP contribution in [-0.4, -0.2) is 29.9 Å². The molecule has 11 rings (SSSR count). The summed E-state index contributed by atoms with van der Waals surface area (Å²) in [6, 6.07) is 59.7. The highest BCUT2D eigenvalue weighted by molar-refractivity contribution is 6.25. The molecule has 0 saturated heterocycles. The number of pyridine rings is 3. The van der Waals surface area contributed by atoms with Crippen molar-refractivity contribution in [3.05, 3.63) is 195 Å². The lowest BCUT2D eigenvalue weighted by molar-refractivity contribution is 1.07. The molecule has 270 valence electrons. The van der Waals surface area contributed by atoms with Gasteiger partial charge >= 0.3 is 0 Å². The van der Waals surface area contributed by atoms with Gasteiger partial charge in [0.05, 0.1) is 11.2 Å². The van der Waals surface area contributed by atoms with Crippen LogP contribution in [0.5, 0.6) is 0 Å². The van der Waals surface area contributed by atoms with E-state index in [0.717, 1.165) is 66.5 Å². The summed E-state index contributed by atoms with van der Waals surface area (Å²) in [6.45, 7) is 0. The van der Waals surface area contributed by atoms with E-state index >= 15 is 0 Å². The van der Waals surface area contributed by atoms with Gasteiger partial charge in [-0.1, -0.05) is 121 Å². The van der Waals surface area contributed by atoms with Gasteiger partial charge in [0, 0.05) is 63.2 Å². The first kappa shape index (κ1) is 33.4. The zero-order valence-electron chi connectivity index (χ0n) is 31.2. The van der Waals surface area contributed by atoms with Crippen LogP contribution < -0.4 is 0 Å². The first-order valence-corrected chi connectivity index (χ1v) is 19.2. The fraction of sp³-hybridized carbons (Fsp3) is 0. The first-order chi connectivity index (χ1) is 28.7. The molecule has 0 radical (unpaired) electrons. The Kier molecular flexibility index (Phi) is 8.04. The average Bonchev–Trinajstić information content (AvgIpc) is 3.31. The van der Waals surface area contributed by atoms with Crippen LogP contribution in [0.1, 0.15) is 0 Å². The van der Waals surface area contributed by atoms with E-state index in [-0.39, 0.29) is 0 Å². The molecule has 0 spiro atoms. The molecular formula is C52H32N6.